The topological polar surface area (TPSA) is 63.2 Å². The number of aryl methyl sites for hydroxylation is 1. The first kappa shape index (κ1) is 17.1. The SMILES string of the molecule is Cc1cc(F)cnc1OCC(C)(C)NC(=O)C1[C@@H]2[C@H]1[C@H](C)N[C@H]2C. The van der Waals surface area contributed by atoms with E-state index in [1.165, 1.54) is 6.07 Å². The Bertz CT molecular complexity index is 635. The number of piperidine rings is 1. The zero-order valence-corrected chi connectivity index (χ0v) is 14.9. The molecule has 1 unspecified atom stereocenters. The van der Waals surface area contributed by atoms with Crippen molar-refractivity contribution in [2.75, 3.05) is 6.61 Å². The lowest BCUT2D eigenvalue weighted by Crippen LogP contribution is -2.50. The van der Waals surface area contributed by atoms with Gasteiger partial charge >= 0.3 is 0 Å². The Kier molecular flexibility index (Phi) is 4.28. The molecule has 6 heteroatoms. The summed E-state index contributed by atoms with van der Waals surface area (Å²) < 4.78 is 18.8. The third kappa shape index (κ3) is 3.24. The zero-order valence-electron chi connectivity index (χ0n) is 14.9. The predicted molar refractivity (Wildman–Crippen MR) is 89.2 cm³/mol. The molecule has 1 amide bonds. The number of carbonyl (C=O) groups is 1. The Hall–Kier alpha value is -1.69. The lowest BCUT2D eigenvalue weighted by molar-refractivity contribution is -0.125. The Morgan fingerprint density at radius 2 is 2.00 bits per heavy atom. The number of hydrogen-bond acceptors (Lipinski definition) is 4. The van der Waals surface area contributed by atoms with Crippen LogP contribution in [0.15, 0.2) is 12.3 Å². The molecule has 1 aromatic heterocycles. The fourth-order valence-electron chi connectivity index (χ4n) is 4.02. The lowest BCUT2D eigenvalue weighted by atomic mass is 10.1. The highest BCUT2D eigenvalue weighted by Gasteiger charge is 2.63. The lowest BCUT2D eigenvalue weighted by Gasteiger charge is -2.27. The fourth-order valence-corrected chi connectivity index (χ4v) is 4.02. The van der Waals surface area contributed by atoms with Gasteiger partial charge in [0.25, 0.3) is 0 Å². The third-order valence-corrected chi connectivity index (χ3v) is 5.14. The number of nitrogens with zero attached hydrogens (tertiary/aromatic N) is 1. The summed E-state index contributed by atoms with van der Waals surface area (Å²) in [5, 5.41) is 6.57. The number of carbonyl (C=O) groups excluding carboxylic acids is 1. The maximum atomic E-state index is 13.1. The number of ether oxygens (including phenoxy) is 1. The minimum Gasteiger partial charge on any atom is -0.475 e. The molecule has 1 aliphatic heterocycles. The van der Waals surface area contributed by atoms with E-state index in [1.54, 1.807) is 6.92 Å². The summed E-state index contributed by atoms with van der Waals surface area (Å²) in [5.41, 5.74) is 0.124. The van der Waals surface area contributed by atoms with Gasteiger partial charge in [0, 0.05) is 23.6 Å². The minimum absolute atomic E-state index is 0.0983. The highest BCUT2D eigenvalue weighted by atomic mass is 19.1. The normalized spacial score (nSPS) is 31.5. The quantitative estimate of drug-likeness (QED) is 0.864. The Morgan fingerprint density at radius 1 is 1.38 bits per heavy atom. The molecule has 2 heterocycles. The molecule has 0 aromatic carbocycles. The highest BCUT2D eigenvalue weighted by Crippen LogP contribution is 2.54. The maximum absolute atomic E-state index is 13.1. The minimum atomic E-state index is -0.517. The zero-order chi connectivity index (χ0) is 17.6. The molecule has 2 N–H and O–H groups in total. The van der Waals surface area contributed by atoms with Crippen molar-refractivity contribution in [1.82, 2.24) is 15.6 Å². The molecule has 24 heavy (non-hydrogen) atoms. The molecule has 2 aliphatic rings. The number of hydrogen-bond donors (Lipinski definition) is 2. The van der Waals surface area contributed by atoms with E-state index < -0.39 is 5.54 Å². The third-order valence-electron chi connectivity index (χ3n) is 5.14. The molecule has 1 aliphatic carbocycles. The van der Waals surface area contributed by atoms with Gasteiger partial charge < -0.3 is 15.4 Å². The first-order valence-corrected chi connectivity index (χ1v) is 8.52. The van der Waals surface area contributed by atoms with Crippen LogP contribution in [0.25, 0.3) is 0 Å². The summed E-state index contributed by atoms with van der Waals surface area (Å²) >= 11 is 0. The van der Waals surface area contributed by atoms with Crippen LogP contribution >= 0.6 is 0 Å². The van der Waals surface area contributed by atoms with Gasteiger partial charge in [-0.1, -0.05) is 0 Å². The molecule has 0 bridgehead atoms. The van der Waals surface area contributed by atoms with Crippen LogP contribution in [0.4, 0.5) is 4.39 Å². The van der Waals surface area contributed by atoms with Crippen molar-refractivity contribution in [2.24, 2.45) is 17.8 Å². The van der Waals surface area contributed by atoms with E-state index >= 15 is 0 Å². The molecule has 0 radical (unpaired) electrons. The number of rotatable bonds is 5. The van der Waals surface area contributed by atoms with E-state index in [0.717, 1.165) is 6.20 Å². The summed E-state index contributed by atoms with van der Waals surface area (Å²) in [4.78, 5) is 16.5. The maximum Gasteiger partial charge on any atom is 0.224 e. The van der Waals surface area contributed by atoms with E-state index in [-0.39, 0.29) is 24.2 Å². The first-order valence-electron chi connectivity index (χ1n) is 8.52. The van der Waals surface area contributed by atoms with Crippen molar-refractivity contribution >= 4 is 5.91 Å². The highest BCUT2D eigenvalue weighted by molar-refractivity contribution is 5.83. The average Bonchev–Trinajstić information content (AvgIpc) is 3.14. The second-order valence-corrected chi connectivity index (χ2v) is 7.86. The van der Waals surface area contributed by atoms with Crippen LogP contribution in [-0.2, 0) is 4.79 Å². The van der Waals surface area contributed by atoms with Crippen molar-refractivity contribution in [3.63, 3.8) is 0 Å². The van der Waals surface area contributed by atoms with Gasteiger partial charge in [0.2, 0.25) is 11.8 Å². The van der Waals surface area contributed by atoms with Gasteiger partial charge in [0.05, 0.1) is 11.7 Å². The molecule has 1 saturated heterocycles. The van der Waals surface area contributed by atoms with Gasteiger partial charge in [0.1, 0.15) is 12.4 Å². The predicted octanol–water partition coefficient (Wildman–Crippen LogP) is 2.05. The molecule has 1 aromatic rings. The van der Waals surface area contributed by atoms with Crippen molar-refractivity contribution in [1.29, 1.82) is 0 Å². The Balaban J connectivity index is 1.55. The first-order chi connectivity index (χ1) is 11.2. The summed E-state index contributed by atoms with van der Waals surface area (Å²) in [5.74, 6) is 1.09. The average molecular weight is 335 g/mol. The van der Waals surface area contributed by atoms with Crippen LogP contribution in [-0.4, -0.2) is 35.1 Å². The summed E-state index contributed by atoms with van der Waals surface area (Å²) in [6, 6.07) is 2.17. The molecular formula is C18H26FN3O2. The monoisotopic (exact) mass is 335 g/mol. The number of halogens is 1. The number of aromatic nitrogens is 1. The number of fused-ring (bicyclic) bond motifs is 1. The van der Waals surface area contributed by atoms with Crippen LogP contribution < -0.4 is 15.4 Å². The molecule has 0 spiro atoms. The summed E-state index contributed by atoms with van der Waals surface area (Å²) in [6.07, 6.45) is 1.13. The molecule has 5 atom stereocenters. The second kappa shape index (κ2) is 5.99. The van der Waals surface area contributed by atoms with Gasteiger partial charge in [-0.25, -0.2) is 9.37 Å². The standard InChI is InChI=1S/C18H26FN3O2/c1-9-6-12(19)7-20-17(9)24-8-18(4,5)22-16(23)15-13-10(2)21-11(3)14(13)15/h6-7,10-11,13-15,21H,8H2,1-5H3,(H,22,23)/t10-,11-,13-,14+,15?/m0/s1. The van der Waals surface area contributed by atoms with Gasteiger partial charge in [-0.2, -0.15) is 0 Å². The van der Waals surface area contributed by atoms with Crippen LogP contribution in [0.5, 0.6) is 5.88 Å². The number of amides is 1. The molecule has 1 saturated carbocycles. The van der Waals surface area contributed by atoms with Gasteiger partial charge in [-0.3, -0.25) is 4.79 Å². The number of nitrogens with one attached hydrogen (secondary N) is 2. The molecule has 5 nitrogen and oxygen atoms in total. The van der Waals surface area contributed by atoms with Crippen LogP contribution in [0.3, 0.4) is 0 Å². The fraction of sp³-hybridized carbons (Fsp3) is 0.667. The molecule has 3 rings (SSSR count). The van der Waals surface area contributed by atoms with Crippen molar-refractivity contribution in [3.8, 4) is 5.88 Å². The largest absolute Gasteiger partial charge is 0.475 e. The Morgan fingerprint density at radius 3 is 2.58 bits per heavy atom. The number of pyridine rings is 1. The van der Waals surface area contributed by atoms with Gasteiger partial charge in [-0.05, 0) is 52.5 Å². The van der Waals surface area contributed by atoms with Crippen molar-refractivity contribution in [2.45, 2.75) is 52.2 Å². The van der Waals surface area contributed by atoms with E-state index in [1.807, 2.05) is 13.8 Å². The second-order valence-electron chi connectivity index (χ2n) is 7.86. The van der Waals surface area contributed by atoms with E-state index in [2.05, 4.69) is 29.5 Å². The van der Waals surface area contributed by atoms with Gasteiger partial charge in [0.15, 0.2) is 0 Å². The van der Waals surface area contributed by atoms with E-state index in [0.29, 0.717) is 35.4 Å². The van der Waals surface area contributed by atoms with Crippen LogP contribution in [0.2, 0.25) is 0 Å². The van der Waals surface area contributed by atoms with E-state index in [4.69, 9.17) is 4.74 Å². The van der Waals surface area contributed by atoms with Gasteiger partial charge in [-0.15, -0.1) is 0 Å². The molecule has 2 fully saturated rings. The summed E-state index contributed by atoms with van der Waals surface area (Å²) in [6.45, 7) is 10.2. The van der Waals surface area contributed by atoms with Crippen LogP contribution in [0, 0.1) is 30.5 Å². The summed E-state index contributed by atoms with van der Waals surface area (Å²) in [7, 11) is 0. The van der Waals surface area contributed by atoms with Crippen molar-refractivity contribution < 1.29 is 13.9 Å². The molecule has 132 valence electrons. The molecular weight excluding hydrogens is 309 g/mol. The van der Waals surface area contributed by atoms with E-state index in [9.17, 15) is 9.18 Å². The van der Waals surface area contributed by atoms with Crippen LogP contribution in [0.1, 0.15) is 33.3 Å². The Labute approximate surface area is 142 Å². The van der Waals surface area contributed by atoms with Crippen molar-refractivity contribution in [3.05, 3.63) is 23.6 Å². The smallest absolute Gasteiger partial charge is 0.224 e.